The number of fused-ring (bicyclic) bond motifs is 1. The summed E-state index contributed by atoms with van der Waals surface area (Å²) in [4.78, 5) is 41.2. The largest absolute Gasteiger partial charge is 0.444 e. The van der Waals surface area contributed by atoms with Crippen LogP contribution < -0.4 is 5.32 Å². The normalized spacial score (nSPS) is 15.4. The molecule has 0 saturated carbocycles. The molecular formula is C16H20N2O5. The average molecular weight is 320 g/mol. The summed E-state index contributed by atoms with van der Waals surface area (Å²) in [6, 6.07) is 6.51. The summed E-state index contributed by atoms with van der Waals surface area (Å²) < 4.78 is 5.10. The molecule has 1 atom stereocenters. The van der Waals surface area contributed by atoms with E-state index in [0.29, 0.717) is 11.1 Å². The summed E-state index contributed by atoms with van der Waals surface area (Å²) in [7, 11) is 0. The van der Waals surface area contributed by atoms with Crippen LogP contribution in [-0.4, -0.2) is 41.2 Å². The van der Waals surface area contributed by atoms with Gasteiger partial charge in [0, 0.05) is 6.54 Å². The van der Waals surface area contributed by atoms with Crippen molar-refractivity contribution in [3.05, 3.63) is 35.4 Å². The van der Waals surface area contributed by atoms with Crippen molar-refractivity contribution in [1.82, 2.24) is 10.4 Å². The number of rotatable bonds is 4. The van der Waals surface area contributed by atoms with E-state index >= 15 is 0 Å². The fraction of sp³-hybridized carbons (Fsp3) is 0.438. The van der Waals surface area contributed by atoms with Gasteiger partial charge in [-0.25, -0.2) is 4.79 Å². The molecule has 2 rings (SSSR count). The quantitative estimate of drug-likeness (QED) is 0.859. The number of imide groups is 1. The lowest BCUT2D eigenvalue weighted by Gasteiger charge is -2.22. The maximum atomic E-state index is 12.1. The first-order valence-electron chi connectivity index (χ1n) is 7.30. The van der Waals surface area contributed by atoms with E-state index < -0.39 is 29.6 Å². The number of amides is 3. The first kappa shape index (κ1) is 17.0. The number of nitrogens with one attached hydrogen (secondary N) is 1. The number of hydrogen-bond donors (Lipinski definition) is 1. The summed E-state index contributed by atoms with van der Waals surface area (Å²) in [6.45, 7) is 7.01. The number of ether oxygens (including phenoxy) is 1. The monoisotopic (exact) mass is 320 g/mol. The zero-order valence-corrected chi connectivity index (χ0v) is 13.6. The van der Waals surface area contributed by atoms with Gasteiger partial charge in [-0.15, -0.1) is 5.06 Å². The Bertz CT molecular complexity index is 601. The van der Waals surface area contributed by atoms with Crippen molar-refractivity contribution in [3.8, 4) is 0 Å². The maximum Gasteiger partial charge on any atom is 0.407 e. The third-order valence-corrected chi connectivity index (χ3v) is 2.97. The predicted octanol–water partition coefficient (Wildman–Crippen LogP) is 2.13. The molecule has 0 bridgehead atoms. The highest BCUT2D eigenvalue weighted by Gasteiger charge is 2.37. The zero-order valence-electron chi connectivity index (χ0n) is 13.6. The minimum Gasteiger partial charge on any atom is -0.444 e. The molecule has 7 nitrogen and oxygen atoms in total. The second kappa shape index (κ2) is 6.37. The molecule has 1 aliphatic rings. The van der Waals surface area contributed by atoms with E-state index in [-0.39, 0.29) is 6.54 Å². The van der Waals surface area contributed by atoms with Gasteiger partial charge >= 0.3 is 6.09 Å². The van der Waals surface area contributed by atoms with E-state index in [1.54, 1.807) is 52.0 Å². The third kappa shape index (κ3) is 4.07. The van der Waals surface area contributed by atoms with Crippen molar-refractivity contribution >= 4 is 17.9 Å². The van der Waals surface area contributed by atoms with Gasteiger partial charge in [-0.1, -0.05) is 12.1 Å². The maximum absolute atomic E-state index is 12.1. The molecular weight excluding hydrogens is 300 g/mol. The number of benzene rings is 1. The molecule has 7 heteroatoms. The van der Waals surface area contributed by atoms with Gasteiger partial charge in [-0.05, 0) is 39.8 Å². The Labute approximate surface area is 134 Å². The fourth-order valence-electron chi connectivity index (χ4n) is 2.02. The minimum atomic E-state index is -0.600. The SMILES string of the molecule is C[C@@H](CNC(=O)OC(C)(C)C)ON1C(=O)c2ccccc2C1=O. The van der Waals surface area contributed by atoms with E-state index in [1.807, 2.05) is 0 Å². The lowest BCUT2D eigenvalue weighted by molar-refractivity contribution is -0.124. The highest BCUT2D eigenvalue weighted by molar-refractivity contribution is 6.20. The van der Waals surface area contributed by atoms with Gasteiger partial charge in [0.1, 0.15) is 11.7 Å². The summed E-state index contributed by atoms with van der Waals surface area (Å²) in [5.74, 6) is -1.01. The number of alkyl carbamates (subject to hydrolysis) is 1. The first-order valence-corrected chi connectivity index (χ1v) is 7.30. The Morgan fingerprint density at radius 1 is 1.17 bits per heavy atom. The molecule has 0 spiro atoms. The van der Waals surface area contributed by atoms with E-state index in [4.69, 9.17) is 9.57 Å². The number of carbonyl (C=O) groups excluding carboxylic acids is 3. The van der Waals surface area contributed by atoms with Crippen molar-refractivity contribution in [3.63, 3.8) is 0 Å². The van der Waals surface area contributed by atoms with Gasteiger partial charge in [-0.2, -0.15) is 0 Å². The molecule has 0 aliphatic carbocycles. The van der Waals surface area contributed by atoms with E-state index in [0.717, 1.165) is 5.06 Å². The molecule has 0 radical (unpaired) electrons. The lowest BCUT2D eigenvalue weighted by Crippen LogP contribution is -2.41. The topological polar surface area (TPSA) is 84.9 Å². The molecule has 0 saturated heterocycles. The van der Waals surface area contributed by atoms with Gasteiger partial charge in [0.2, 0.25) is 0 Å². The van der Waals surface area contributed by atoms with Gasteiger partial charge in [0.15, 0.2) is 0 Å². The van der Waals surface area contributed by atoms with Crippen molar-refractivity contribution in [1.29, 1.82) is 0 Å². The molecule has 23 heavy (non-hydrogen) atoms. The van der Waals surface area contributed by atoms with Crippen LogP contribution >= 0.6 is 0 Å². The molecule has 1 aliphatic heterocycles. The Morgan fingerprint density at radius 2 is 1.70 bits per heavy atom. The third-order valence-electron chi connectivity index (χ3n) is 2.97. The van der Waals surface area contributed by atoms with Crippen LogP contribution in [0.15, 0.2) is 24.3 Å². The molecule has 1 heterocycles. The standard InChI is InChI=1S/C16H20N2O5/c1-10(9-17-15(21)22-16(2,3)4)23-18-13(19)11-7-5-6-8-12(11)14(18)20/h5-8,10H,9H2,1-4H3,(H,17,21)/t10-/m0/s1. The Kier molecular flexibility index (Phi) is 4.70. The molecule has 0 aromatic heterocycles. The summed E-state index contributed by atoms with van der Waals surface area (Å²) in [6.07, 6.45) is -1.17. The molecule has 0 fully saturated rings. The minimum absolute atomic E-state index is 0.0995. The summed E-state index contributed by atoms with van der Waals surface area (Å²) in [5.41, 5.74) is 0.0195. The molecule has 0 unspecified atom stereocenters. The highest BCUT2D eigenvalue weighted by Crippen LogP contribution is 2.23. The van der Waals surface area contributed by atoms with Crippen molar-refractivity contribution in [2.45, 2.75) is 39.4 Å². The number of hydrogen-bond acceptors (Lipinski definition) is 5. The smallest absolute Gasteiger partial charge is 0.407 e. The molecule has 1 aromatic carbocycles. The van der Waals surface area contributed by atoms with Crippen LogP contribution in [0.4, 0.5) is 4.79 Å². The van der Waals surface area contributed by atoms with Crippen LogP contribution in [0, 0.1) is 0 Å². The predicted molar refractivity (Wildman–Crippen MR) is 81.7 cm³/mol. The van der Waals surface area contributed by atoms with Gasteiger partial charge < -0.3 is 10.1 Å². The second-order valence-electron chi connectivity index (χ2n) is 6.25. The van der Waals surface area contributed by atoms with Crippen LogP contribution in [0.2, 0.25) is 0 Å². The fourth-order valence-corrected chi connectivity index (χ4v) is 2.02. The van der Waals surface area contributed by atoms with Crippen LogP contribution in [0.3, 0.4) is 0 Å². The van der Waals surface area contributed by atoms with Crippen LogP contribution in [0.1, 0.15) is 48.4 Å². The van der Waals surface area contributed by atoms with Crippen LogP contribution in [0.5, 0.6) is 0 Å². The van der Waals surface area contributed by atoms with Crippen LogP contribution in [-0.2, 0) is 9.57 Å². The van der Waals surface area contributed by atoms with Crippen molar-refractivity contribution in [2.75, 3.05) is 6.54 Å². The second-order valence-corrected chi connectivity index (χ2v) is 6.25. The summed E-state index contributed by atoms with van der Waals surface area (Å²) >= 11 is 0. The zero-order chi connectivity index (χ0) is 17.2. The van der Waals surface area contributed by atoms with Crippen molar-refractivity contribution < 1.29 is 24.0 Å². The van der Waals surface area contributed by atoms with E-state index in [2.05, 4.69) is 5.32 Å². The van der Waals surface area contributed by atoms with Gasteiger partial charge in [-0.3, -0.25) is 14.4 Å². The number of hydroxylamine groups is 2. The van der Waals surface area contributed by atoms with E-state index in [1.165, 1.54) is 0 Å². The van der Waals surface area contributed by atoms with Gasteiger partial charge in [0.25, 0.3) is 11.8 Å². The lowest BCUT2D eigenvalue weighted by atomic mass is 10.1. The Morgan fingerprint density at radius 3 is 2.17 bits per heavy atom. The molecule has 3 amide bonds. The van der Waals surface area contributed by atoms with Crippen LogP contribution in [0.25, 0.3) is 0 Å². The van der Waals surface area contributed by atoms with Gasteiger partial charge in [0.05, 0.1) is 11.1 Å². The Balaban J connectivity index is 1.90. The highest BCUT2D eigenvalue weighted by atomic mass is 16.7. The summed E-state index contributed by atoms with van der Waals surface area (Å²) in [5, 5.41) is 3.26. The molecule has 1 N–H and O–H groups in total. The first-order chi connectivity index (χ1) is 10.7. The molecule has 124 valence electrons. The molecule has 1 aromatic rings. The van der Waals surface area contributed by atoms with E-state index in [9.17, 15) is 14.4 Å². The number of nitrogens with zero attached hydrogens (tertiary/aromatic N) is 1. The Hall–Kier alpha value is -2.41. The average Bonchev–Trinajstić information content (AvgIpc) is 2.69. The number of carbonyl (C=O) groups is 3. The van der Waals surface area contributed by atoms with Crippen molar-refractivity contribution in [2.24, 2.45) is 0 Å².